The van der Waals surface area contributed by atoms with Crippen LogP contribution in [0.2, 0.25) is 0 Å². The predicted octanol–water partition coefficient (Wildman–Crippen LogP) is 2.17. The molecule has 0 N–H and O–H groups in total. The molecule has 1 atom stereocenters. The zero-order chi connectivity index (χ0) is 16.9. The predicted molar refractivity (Wildman–Crippen MR) is 98.2 cm³/mol. The van der Waals surface area contributed by atoms with E-state index < -0.39 is 0 Å². The third-order valence-corrected chi connectivity index (χ3v) is 5.59. The Morgan fingerprint density at radius 2 is 1.75 bits per heavy atom. The first-order valence-electron chi connectivity index (χ1n) is 9.38. The Bertz CT molecular complexity index is 534. The van der Waals surface area contributed by atoms with Crippen LogP contribution in [0.4, 0.5) is 0 Å². The molecule has 0 aliphatic carbocycles. The summed E-state index contributed by atoms with van der Waals surface area (Å²) in [5.41, 5.74) is 2.37. The van der Waals surface area contributed by atoms with Crippen LogP contribution in [0.3, 0.4) is 0 Å². The molecule has 4 heteroatoms. The molecule has 1 amide bonds. The fourth-order valence-electron chi connectivity index (χ4n) is 3.85. The molecule has 2 fully saturated rings. The third kappa shape index (κ3) is 4.58. The first-order chi connectivity index (χ1) is 11.6. The maximum Gasteiger partial charge on any atom is 0.227 e. The summed E-state index contributed by atoms with van der Waals surface area (Å²) >= 11 is 0. The number of carbonyl (C=O) groups is 1. The lowest BCUT2D eigenvalue weighted by molar-refractivity contribution is -0.132. The van der Waals surface area contributed by atoms with Gasteiger partial charge in [0.1, 0.15) is 0 Å². The van der Waals surface area contributed by atoms with E-state index in [1.807, 2.05) is 4.90 Å². The minimum Gasteiger partial charge on any atom is -0.340 e. The van der Waals surface area contributed by atoms with Crippen LogP contribution in [0.1, 0.15) is 30.4 Å². The summed E-state index contributed by atoms with van der Waals surface area (Å²) in [5, 5.41) is 0. The second-order valence-corrected chi connectivity index (χ2v) is 7.47. The summed E-state index contributed by atoms with van der Waals surface area (Å²) in [6, 6.07) is 9.02. The maximum atomic E-state index is 12.5. The molecular weight excluding hydrogens is 298 g/mol. The van der Waals surface area contributed by atoms with Crippen molar-refractivity contribution in [1.29, 1.82) is 0 Å². The molecule has 2 aliphatic rings. The number of likely N-dealkylation sites (tertiary alicyclic amines) is 1. The van der Waals surface area contributed by atoms with Gasteiger partial charge in [0.05, 0.1) is 6.42 Å². The summed E-state index contributed by atoms with van der Waals surface area (Å²) in [4.78, 5) is 19.6. The van der Waals surface area contributed by atoms with E-state index in [1.165, 1.54) is 31.4 Å². The lowest BCUT2D eigenvalue weighted by Crippen LogP contribution is -2.53. The highest BCUT2D eigenvalue weighted by Gasteiger charge is 2.25. The van der Waals surface area contributed by atoms with E-state index in [1.54, 1.807) is 0 Å². The van der Waals surface area contributed by atoms with Crippen molar-refractivity contribution in [2.45, 2.75) is 38.6 Å². The third-order valence-electron chi connectivity index (χ3n) is 5.59. The zero-order valence-electron chi connectivity index (χ0n) is 15.2. The van der Waals surface area contributed by atoms with Gasteiger partial charge in [0.25, 0.3) is 0 Å². The fourth-order valence-corrected chi connectivity index (χ4v) is 3.85. The monoisotopic (exact) mass is 329 g/mol. The van der Waals surface area contributed by atoms with Crippen LogP contribution in [-0.2, 0) is 11.2 Å². The van der Waals surface area contributed by atoms with Gasteiger partial charge in [-0.25, -0.2) is 0 Å². The molecule has 2 heterocycles. The number of hydrogen-bond donors (Lipinski definition) is 0. The van der Waals surface area contributed by atoms with Crippen LogP contribution < -0.4 is 0 Å². The van der Waals surface area contributed by atoms with Crippen LogP contribution in [0.25, 0.3) is 0 Å². The van der Waals surface area contributed by atoms with Crippen LogP contribution >= 0.6 is 0 Å². The summed E-state index contributed by atoms with van der Waals surface area (Å²) in [7, 11) is 2.26. The molecule has 1 aromatic rings. The van der Waals surface area contributed by atoms with E-state index in [0.717, 1.165) is 38.3 Å². The molecule has 132 valence electrons. The van der Waals surface area contributed by atoms with Crippen molar-refractivity contribution in [3.8, 4) is 0 Å². The molecule has 1 aromatic carbocycles. The van der Waals surface area contributed by atoms with E-state index in [4.69, 9.17) is 0 Å². The van der Waals surface area contributed by atoms with Gasteiger partial charge in [0, 0.05) is 38.8 Å². The van der Waals surface area contributed by atoms with Gasteiger partial charge in [-0.1, -0.05) is 36.2 Å². The van der Waals surface area contributed by atoms with Gasteiger partial charge in [0.15, 0.2) is 0 Å². The number of benzene rings is 1. The maximum absolute atomic E-state index is 12.5. The number of likely N-dealkylation sites (N-methyl/N-ethyl adjacent to an activating group) is 1. The fraction of sp³-hybridized carbons (Fsp3) is 0.650. The minimum atomic E-state index is 0.272. The lowest BCUT2D eigenvalue weighted by Gasteiger charge is -2.40. The molecule has 0 bridgehead atoms. The number of rotatable bonds is 4. The summed E-state index contributed by atoms with van der Waals surface area (Å²) < 4.78 is 0. The van der Waals surface area contributed by atoms with Gasteiger partial charge in [-0.15, -0.1) is 0 Å². The smallest absolute Gasteiger partial charge is 0.227 e. The number of piperidine rings is 1. The molecular formula is C20H31N3O. The average Bonchev–Trinajstić information content (AvgIpc) is 2.59. The van der Waals surface area contributed by atoms with E-state index >= 15 is 0 Å². The highest BCUT2D eigenvalue weighted by Crippen LogP contribution is 2.17. The zero-order valence-corrected chi connectivity index (χ0v) is 15.2. The van der Waals surface area contributed by atoms with Gasteiger partial charge in [0.2, 0.25) is 5.91 Å². The molecule has 4 nitrogen and oxygen atoms in total. The van der Waals surface area contributed by atoms with Crippen LogP contribution in [0.5, 0.6) is 0 Å². The molecule has 24 heavy (non-hydrogen) atoms. The molecule has 0 aromatic heterocycles. The molecule has 0 saturated carbocycles. The first kappa shape index (κ1) is 17.4. The molecule has 2 saturated heterocycles. The Morgan fingerprint density at radius 1 is 1.04 bits per heavy atom. The normalized spacial score (nSPS) is 23.4. The van der Waals surface area contributed by atoms with Crippen molar-refractivity contribution >= 4 is 5.91 Å². The first-order valence-corrected chi connectivity index (χ1v) is 9.38. The van der Waals surface area contributed by atoms with Gasteiger partial charge in [-0.3, -0.25) is 9.69 Å². The van der Waals surface area contributed by atoms with Crippen molar-refractivity contribution in [3.05, 3.63) is 35.4 Å². The van der Waals surface area contributed by atoms with E-state index in [-0.39, 0.29) is 5.91 Å². The van der Waals surface area contributed by atoms with Gasteiger partial charge in [-0.05, 0) is 38.9 Å². The van der Waals surface area contributed by atoms with Crippen LogP contribution in [0, 0.1) is 6.92 Å². The van der Waals surface area contributed by atoms with Gasteiger partial charge < -0.3 is 9.80 Å². The van der Waals surface area contributed by atoms with Crippen LogP contribution in [0.15, 0.2) is 24.3 Å². The van der Waals surface area contributed by atoms with E-state index in [0.29, 0.717) is 12.5 Å². The average molecular weight is 329 g/mol. The Labute approximate surface area is 146 Å². The van der Waals surface area contributed by atoms with Crippen LogP contribution in [-0.4, -0.2) is 73.0 Å². The number of piperazine rings is 1. The molecule has 3 rings (SSSR count). The van der Waals surface area contributed by atoms with Gasteiger partial charge >= 0.3 is 0 Å². The lowest BCUT2D eigenvalue weighted by atomic mass is 10.0. The minimum absolute atomic E-state index is 0.272. The molecule has 0 unspecified atom stereocenters. The van der Waals surface area contributed by atoms with Crippen molar-refractivity contribution in [2.24, 2.45) is 0 Å². The quantitative estimate of drug-likeness (QED) is 0.847. The Morgan fingerprint density at radius 3 is 2.42 bits per heavy atom. The Balaban J connectivity index is 1.44. The van der Waals surface area contributed by atoms with Crippen molar-refractivity contribution < 1.29 is 4.79 Å². The Kier molecular flexibility index (Phi) is 5.90. The highest BCUT2D eigenvalue weighted by molar-refractivity contribution is 5.78. The molecule has 2 aliphatic heterocycles. The van der Waals surface area contributed by atoms with Crippen molar-refractivity contribution in [3.63, 3.8) is 0 Å². The summed E-state index contributed by atoms with van der Waals surface area (Å²) in [6.07, 6.45) is 4.56. The summed E-state index contributed by atoms with van der Waals surface area (Å²) in [5.74, 6) is 0.272. The number of carbonyl (C=O) groups excluding carboxylic acids is 1. The standard InChI is InChI=1S/C20H31N3O/c1-17-6-8-18(9-7-17)15-20(24)23-13-11-22(12-14-23)16-19-5-3-4-10-21(19)2/h6-9,19H,3-5,10-16H2,1-2H3/t19-/m0/s1. The molecule has 0 spiro atoms. The van der Waals surface area contributed by atoms with Crippen molar-refractivity contribution in [2.75, 3.05) is 46.3 Å². The number of aryl methyl sites for hydroxylation is 1. The van der Waals surface area contributed by atoms with E-state index in [9.17, 15) is 4.79 Å². The number of amides is 1. The van der Waals surface area contributed by atoms with Gasteiger partial charge in [-0.2, -0.15) is 0 Å². The highest BCUT2D eigenvalue weighted by atomic mass is 16.2. The molecule has 0 radical (unpaired) electrons. The number of nitrogens with zero attached hydrogens (tertiary/aromatic N) is 3. The summed E-state index contributed by atoms with van der Waals surface area (Å²) in [6.45, 7) is 8.26. The van der Waals surface area contributed by atoms with Crippen molar-refractivity contribution in [1.82, 2.24) is 14.7 Å². The Hall–Kier alpha value is -1.39. The second kappa shape index (κ2) is 8.13. The second-order valence-electron chi connectivity index (χ2n) is 7.47. The SMILES string of the molecule is Cc1ccc(CC(=O)N2CCN(C[C@@H]3CCCCN3C)CC2)cc1. The van der Waals surface area contributed by atoms with E-state index in [2.05, 4.69) is 48.0 Å². The topological polar surface area (TPSA) is 26.8 Å². The largest absolute Gasteiger partial charge is 0.340 e. The number of hydrogen-bond acceptors (Lipinski definition) is 3.